The summed E-state index contributed by atoms with van der Waals surface area (Å²) in [7, 11) is -1.44. The molecule has 1 aromatic carbocycles. The number of halogens is 2. The largest absolute Gasteiger partial charge is 0.491 e. The Labute approximate surface area is 102 Å². The first-order chi connectivity index (χ1) is 6.59. The molecule has 6 heteroatoms. The van der Waals surface area contributed by atoms with E-state index < -0.39 is 7.12 Å². The fourth-order valence-corrected chi connectivity index (χ4v) is 3.54. The normalized spacial score (nSPS) is 10.9. The summed E-state index contributed by atoms with van der Waals surface area (Å²) in [6.07, 6.45) is 0. The summed E-state index contributed by atoms with van der Waals surface area (Å²) in [5.41, 5.74) is 0.534. The molecule has 0 aliphatic heterocycles. The topological polar surface area (TPSA) is 40.5 Å². The predicted molar refractivity (Wildman–Crippen MR) is 67.1 cm³/mol. The van der Waals surface area contributed by atoms with Crippen LogP contribution in [-0.2, 0) is 0 Å². The van der Waals surface area contributed by atoms with E-state index in [2.05, 4.69) is 31.9 Å². The second-order valence-electron chi connectivity index (χ2n) is 2.80. The Morgan fingerprint density at radius 1 is 1.21 bits per heavy atom. The summed E-state index contributed by atoms with van der Waals surface area (Å²) >= 11 is 8.16. The second kappa shape index (κ2) is 3.94. The maximum absolute atomic E-state index is 9.20. The molecule has 1 heterocycles. The molecule has 0 bridgehead atoms. The first kappa shape index (κ1) is 10.6. The number of hydrogen-bond acceptors (Lipinski definition) is 3. The number of fused-ring (bicyclic) bond motifs is 1. The van der Waals surface area contributed by atoms with E-state index in [1.165, 1.54) is 11.3 Å². The van der Waals surface area contributed by atoms with Gasteiger partial charge in [-0.3, -0.25) is 0 Å². The molecular formula is C8H5BBr2O2S. The van der Waals surface area contributed by atoms with Crippen molar-refractivity contribution in [2.24, 2.45) is 0 Å². The molecule has 0 saturated carbocycles. The minimum Gasteiger partial charge on any atom is -0.423 e. The Morgan fingerprint density at radius 2 is 1.93 bits per heavy atom. The smallest absolute Gasteiger partial charge is 0.423 e. The van der Waals surface area contributed by atoms with Crippen molar-refractivity contribution in [3.63, 3.8) is 0 Å². The quantitative estimate of drug-likeness (QED) is 0.784. The van der Waals surface area contributed by atoms with Crippen molar-refractivity contribution in [2.45, 2.75) is 0 Å². The van der Waals surface area contributed by atoms with E-state index in [4.69, 9.17) is 0 Å². The van der Waals surface area contributed by atoms with Gasteiger partial charge in [0.05, 0.1) is 3.79 Å². The third kappa shape index (κ3) is 1.77. The standard InChI is InChI=1S/C8H5BBr2O2S/c10-4-1-2-6-5(3-4)7(9(12)13)8(11)14-6/h1-3,12-13H. The first-order valence-electron chi connectivity index (χ1n) is 3.83. The van der Waals surface area contributed by atoms with Crippen molar-refractivity contribution in [3.8, 4) is 0 Å². The summed E-state index contributed by atoms with van der Waals surface area (Å²) in [5.74, 6) is 0. The third-order valence-corrected chi connectivity index (χ3v) is 4.28. The van der Waals surface area contributed by atoms with Gasteiger partial charge in [-0.15, -0.1) is 11.3 Å². The molecule has 0 radical (unpaired) electrons. The van der Waals surface area contributed by atoms with Gasteiger partial charge in [-0.25, -0.2) is 0 Å². The molecule has 1 aromatic heterocycles. The fourth-order valence-electron chi connectivity index (χ4n) is 1.30. The van der Waals surface area contributed by atoms with Crippen molar-refractivity contribution < 1.29 is 10.0 Å². The van der Waals surface area contributed by atoms with Gasteiger partial charge >= 0.3 is 7.12 Å². The van der Waals surface area contributed by atoms with Crippen LogP contribution < -0.4 is 5.46 Å². The van der Waals surface area contributed by atoms with Crippen LogP contribution in [0, 0.1) is 0 Å². The van der Waals surface area contributed by atoms with Gasteiger partial charge in [-0.05, 0) is 39.5 Å². The number of hydrogen-bond donors (Lipinski definition) is 2. The number of benzene rings is 1. The Morgan fingerprint density at radius 3 is 2.57 bits per heavy atom. The van der Waals surface area contributed by atoms with Crippen LogP contribution in [0.5, 0.6) is 0 Å². The van der Waals surface area contributed by atoms with Gasteiger partial charge in [0.25, 0.3) is 0 Å². The Hall–Kier alpha value is 0.125. The lowest BCUT2D eigenvalue weighted by Gasteiger charge is -1.98. The second-order valence-corrected chi connectivity index (χ2v) is 6.09. The zero-order valence-corrected chi connectivity index (χ0v) is 10.9. The van der Waals surface area contributed by atoms with Gasteiger partial charge in [-0.2, -0.15) is 0 Å². The highest BCUT2D eigenvalue weighted by Crippen LogP contribution is 2.29. The van der Waals surface area contributed by atoms with Crippen molar-refractivity contribution >= 4 is 65.9 Å². The van der Waals surface area contributed by atoms with Gasteiger partial charge in [0.2, 0.25) is 0 Å². The molecule has 72 valence electrons. The van der Waals surface area contributed by atoms with E-state index in [1.54, 1.807) is 0 Å². The van der Waals surface area contributed by atoms with Crippen molar-refractivity contribution in [3.05, 3.63) is 26.5 Å². The molecule has 2 rings (SSSR count). The molecule has 0 spiro atoms. The van der Waals surface area contributed by atoms with Crippen molar-refractivity contribution in [2.75, 3.05) is 0 Å². The highest BCUT2D eigenvalue weighted by molar-refractivity contribution is 9.11. The Balaban J connectivity index is 2.79. The summed E-state index contributed by atoms with van der Waals surface area (Å²) < 4.78 is 2.72. The molecule has 0 unspecified atom stereocenters. The molecule has 0 saturated heterocycles. The maximum Gasteiger partial charge on any atom is 0.491 e. The molecule has 0 aliphatic rings. The van der Waals surface area contributed by atoms with Crippen LogP contribution >= 0.6 is 43.2 Å². The number of thiophene rings is 1. The van der Waals surface area contributed by atoms with Crippen LogP contribution in [0.4, 0.5) is 0 Å². The van der Waals surface area contributed by atoms with Crippen LogP contribution in [0.1, 0.15) is 0 Å². The lowest BCUT2D eigenvalue weighted by molar-refractivity contribution is 0.426. The molecule has 14 heavy (non-hydrogen) atoms. The van der Waals surface area contributed by atoms with E-state index >= 15 is 0 Å². The van der Waals surface area contributed by atoms with E-state index in [9.17, 15) is 10.0 Å². The van der Waals surface area contributed by atoms with Crippen molar-refractivity contribution in [1.82, 2.24) is 0 Å². The fraction of sp³-hybridized carbons (Fsp3) is 0. The first-order valence-corrected chi connectivity index (χ1v) is 6.23. The van der Waals surface area contributed by atoms with Crippen LogP contribution in [0.3, 0.4) is 0 Å². The van der Waals surface area contributed by atoms with Gasteiger partial charge in [0, 0.05) is 14.6 Å². The average molecular weight is 336 g/mol. The highest BCUT2D eigenvalue weighted by atomic mass is 79.9. The van der Waals surface area contributed by atoms with Gasteiger partial charge in [0.1, 0.15) is 0 Å². The van der Waals surface area contributed by atoms with Crippen molar-refractivity contribution in [1.29, 1.82) is 0 Å². The summed E-state index contributed by atoms with van der Waals surface area (Å²) in [5, 5.41) is 19.3. The van der Waals surface area contributed by atoms with Gasteiger partial charge < -0.3 is 10.0 Å². The highest BCUT2D eigenvalue weighted by Gasteiger charge is 2.21. The van der Waals surface area contributed by atoms with Crippen LogP contribution in [0.2, 0.25) is 0 Å². The van der Waals surface area contributed by atoms with Crippen LogP contribution in [-0.4, -0.2) is 17.2 Å². The molecule has 0 fully saturated rings. The number of rotatable bonds is 1. The molecule has 0 atom stereocenters. The monoisotopic (exact) mass is 334 g/mol. The van der Waals surface area contributed by atoms with E-state index in [0.29, 0.717) is 5.46 Å². The van der Waals surface area contributed by atoms with Crippen LogP contribution in [0.25, 0.3) is 10.1 Å². The summed E-state index contributed by atoms with van der Waals surface area (Å²) in [6.45, 7) is 0. The minimum absolute atomic E-state index is 0.534. The Kier molecular flexibility index (Phi) is 2.99. The maximum atomic E-state index is 9.20. The minimum atomic E-state index is -1.44. The van der Waals surface area contributed by atoms with Gasteiger partial charge in [0.15, 0.2) is 0 Å². The lowest BCUT2D eigenvalue weighted by atomic mass is 9.80. The van der Waals surface area contributed by atoms with E-state index in [0.717, 1.165) is 18.3 Å². The van der Waals surface area contributed by atoms with Crippen LogP contribution in [0.15, 0.2) is 26.5 Å². The van der Waals surface area contributed by atoms with E-state index in [1.807, 2.05) is 18.2 Å². The molecular weight excluding hydrogens is 331 g/mol. The third-order valence-electron chi connectivity index (χ3n) is 1.90. The van der Waals surface area contributed by atoms with E-state index in [-0.39, 0.29) is 0 Å². The molecule has 0 amide bonds. The predicted octanol–water partition coefficient (Wildman–Crippen LogP) is 2.11. The Bertz CT molecular complexity index is 483. The zero-order valence-electron chi connectivity index (χ0n) is 6.87. The lowest BCUT2D eigenvalue weighted by Crippen LogP contribution is -2.29. The molecule has 2 N–H and O–H groups in total. The average Bonchev–Trinajstić information content (AvgIpc) is 2.40. The van der Waals surface area contributed by atoms with Gasteiger partial charge in [-0.1, -0.05) is 15.9 Å². The SMILES string of the molecule is OB(O)c1c(Br)sc2ccc(Br)cc12. The molecule has 2 aromatic rings. The summed E-state index contributed by atoms with van der Waals surface area (Å²) in [4.78, 5) is 0. The summed E-state index contributed by atoms with van der Waals surface area (Å²) in [6, 6.07) is 5.75. The molecule has 2 nitrogen and oxygen atoms in total. The molecule has 0 aliphatic carbocycles. The zero-order chi connectivity index (χ0) is 10.3.